The third-order valence-electron chi connectivity index (χ3n) is 7.02. The number of nitrogens with zero attached hydrogens (tertiary/aromatic N) is 1. The smallest absolute Gasteiger partial charge is 0.0741 e. The van der Waals surface area contributed by atoms with Crippen LogP contribution in [-0.4, -0.2) is 35.1 Å². The molecule has 0 spiro atoms. The van der Waals surface area contributed by atoms with Crippen molar-refractivity contribution in [2.45, 2.75) is 57.5 Å². The molecule has 0 saturated heterocycles. The zero-order valence-corrected chi connectivity index (χ0v) is 23.0. The molecule has 36 heavy (non-hydrogen) atoms. The first-order chi connectivity index (χ1) is 16.6. The van der Waals surface area contributed by atoms with E-state index in [0.29, 0.717) is 6.04 Å². The van der Waals surface area contributed by atoms with Crippen LogP contribution in [0.1, 0.15) is 43.0 Å². The molecule has 0 amide bonds. The molecule has 194 valence electrons. The van der Waals surface area contributed by atoms with E-state index in [4.69, 9.17) is 22.3 Å². The summed E-state index contributed by atoms with van der Waals surface area (Å²) in [4.78, 5) is 8.30. The summed E-state index contributed by atoms with van der Waals surface area (Å²) in [5.74, 6) is 0. The highest BCUT2D eigenvalue weighted by Gasteiger charge is 2.20. The van der Waals surface area contributed by atoms with Crippen molar-refractivity contribution in [1.82, 2.24) is 15.3 Å². The van der Waals surface area contributed by atoms with E-state index in [2.05, 4.69) is 59.1 Å². The highest BCUT2D eigenvalue weighted by Crippen LogP contribution is 2.35. The second kappa shape index (κ2) is 13.0. The monoisotopic (exact) mass is 547 g/mol. The first kappa shape index (κ1) is 28.5. The van der Waals surface area contributed by atoms with Gasteiger partial charge in [-0.15, -0.1) is 24.8 Å². The molecule has 5 N–H and O–H groups in total. The van der Waals surface area contributed by atoms with Gasteiger partial charge in [0.05, 0.1) is 5.52 Å². The second-order valence-corrected chi connectivity index (χ2v) is 9.95. The number of nitrogens with two attached hydrogens (primary N) is 1. The van der Waals surface area contributed by atoms with Gasteiger partial charge in [-0.3, -0.25) is 4.98 Å². The number of aromatic nitrogens is 2. The average molecular weight is 549 g/mol. The second-order valence-electron chi connectivity index (χ2n) is 9.51. The number of anilines is 1. The molecule has 2 unspecified atom stereocenters. The molecule has 2 atom stereocenters. The number of nitrogens with one attached hydrogen (secondary N) is 3. The van der Waals surface area contributed by atoms with Crippen LogP contribution in [0, 0.1) is 0 Å². The van der Waals surface area contributed by atoms with Crippen molar-refractivity contribution in [3.8, 4) is 0 Å². The van der Waals surface area contributed by atoms with E-state index >= 15 is 0 Å². The Hall–Kier alpha value is -2.02. The number of pyridine rings is 1. The van der Waals surface area contributed by atoms with Crippen molar-refractivity contribution in [3.63, 3.8) is 0 Å². The quantitative estimate of drug-likeness (QED) is 0.194. The molecular weight excluding hydrogens is 513 g/mol. The predicted octanol–water partition coefficient (Wildman–Crippen LogP) is 6.44. The fraction of sp³-hybridized carbons (Fsp3) is 0.393. The average Bonchev–Trinajstić information content (AvgIpc) is 3.25. The molecule has 0 saturated carbocycles. The number of H-pyrrole nitrogens is 1. The fourth-order valence-corrected chi connectivity index (χ4v) is 5.33. The summed E-state index contributed by atoms with van der Waals surface area (Å²) in [5, 5.41) is 10.7. The molecule has 5 nitrogen and oxygen atoms in total. The number of hydrogen-bond acceptors (Lipinski definition) is 4. The van der Waals surface area contributed by atoms with Gasteiger partial charge in [-0.2, -0.15) is 0 Å². The summed E-state index contributed by atoms with van der Waals surface area (Å²) in [6.45, 7) is 3.88. The van der Waals surface area contributed by atoms with Crippen LogP contribution in [0.15, 0.2) is 48.7 Å². The molecule has 0 aliphatic heterocycles. The van der Waals surface area contributed by atoms with Crippen molar-refractivity contribution in [2.24, 2.45) is 5.73 Å². The predicted molar refractivity (Wildman–Crippen MR) is 158 cm³/mol. The number of fused-ring (bicyclic) bond motifs is 3. The largest absolute Gasteiger partial charge is 0.380 e. The van der Waals surface area contributed by atoms with Crippen LogP contribution in [0.2, 0.25) is 5.02 Å². The molecule has 1 aliphatic rings. The lowest BCUT2D eigenvalue weighted by Gasteiger charge is -2.26. The molecular formula is C28H36Cl3N5. The van der Waals surface area contributed by atoms with Crippen molar-refractivity contribution >= 4 is 63.9 Å². The summed E-state index contributed by atoms with van der Waals surface area (Å²) in [6.07, 6.45) is 8.53. The Morgan fingerprint density at radius 3 is 2.69 bits per heavy atom. The van der Waals surface area contributed by atoms with E-state index in [-0.39, 0.29) is 30.9 Å². The number of benzene rings is 2. The Balaban J connectivity index is 0.00000180. The minimum absolute atomic E-state index is 0. The Labute approximate surface area is 230 Å². The van der Waals surface area contributed by atoms with Crippen LogP contribution in [-0.2, 0) is 19.3 Å². The number of hydrogen-bond donors (Lipinski definition) is 4. The zero-order chi connectivity index (χ0) is 23.5. The minimum atomic E-state index is 0. The van der Waals surface area contributed by atoms with Crippen LogP contribution >= 0.6 is 36.4 Å². The van der Waals surface area contributed by atoms with Gasteiger partial charge in [0, 0.05) is 64.1 Å². The first-order valence-corrected chi connectivity index (χ1v) is 12.9. The molecule has 0 bridgehead atoms. The van der Waals surface area contributed by atoms with Gasteiger partial charge in [-0.25, -0.2) is 0 Å². The molecule has 0 fully saturated rings. The number of aryl methyl sites for hydroxylation is 1. The standard InChI is InChI=1S/C28H34ClN5.2ClH/c1-2-21(17-31-16-20(30)13-18-15-32-25-9-5-3-7-22(18)25)33-28-23-8-4-6-10-26(23)34-27-14-19(29)11-12-24(27)28;;/h3,5,7,9,11-12,14-15,20-21,31-32H,2,4,6,8,10,13,16-17,30H2,1H3,(H,33,34);2*1H. The van der Waals surface area contributed by atoms with Crippen molar-refractivity contribution in [1.29, 1.82) is 0 Å². The Kier molecular flexibility index (Phi) is 10.3. The Morgan fingerprint density at radius 2 is 1.86 bits per heavy atom. The third kappa shape index (κ3) is 6.27. The van der Waals surface area contributed by atoms with Crippen molar-refractivity contribution < 1.29 is 0 Å². The molecule has 2 aromatic heterocycles. The SMILES string of the molecule is CCC(CNCC(N)Cc1c[nH]c2ccccc12)Nc1c2c(nc3cc(Cl)ccc13)CCCC2.Cl.Cl. The molecule has 0 radical (unpaired) electrons. The normalized spacial score (nSPS) is 14.5. The maximum atomic E-state index is 6.50. The number of para-hydroxylation sites is 1. The summed E-state index contributed by atoms with van der Waals surface area (Å²) in [7, 11) is 0. The van der Waals surface area contributed by atoms with Gasteiger partial charge in [0.15, 0.2) is 0 Å². The molecule has 8 heteroatoms. The summed E-state index contributed by atoms with van der Waals surface area (Å²) in [6, 6.07) is 14.8. The first-order valence-electron chi connectivity index (χ1n) is 12.5. The molecule has 2 aromatic carbocycles. The van der Waals surface area contributed by atoms with E-state index < -0.39 is 0 Å². The van der Waals surface area contributed by atoms with Gasteiger partial charge in [0.2, 0.25) is 0 Å². The van der Waals surface area contributed by atoms with Crippen LogP contribution < -0.4 is 16.4 Å². The minimum Gasteiger partial charge on any atom is -0.380 e. The van der Waals surface area contributed by atoms with Gasteiger partial charge in [0.1, 0.15) is 0 Å². The number of rotatable bonds is 9. The van der Waals surface area contributed by atoms with Gasteiger partial charge in [-0.1, -0.05) is 36.7 Å². The highest BCUT2D eigenvalue weighted by molar-refractivity contribution is 6.31. The lowest BCUT2D eigenvalue weighted by atomic mass is 9.92. The van der Waals surface area contributed by atoms with Gasteiger partial charge < -0.3 is 21.4 Å². The van der Waals surface area contributed by atoms with E-state index in [1.54, 1.807) is 0 Å². The summed E-state index contributed by atoms with van der Waals surface area (Å²) >= 11 is 6.28. The van der Waals surface area contributed by atoms with Crippen LogP contribution in [0.3, 0.4) is 0 Å². The summed E-state index contributed by atoms with van der Waals surface area (Å²) < 4.78 is 0. The fourth-order valence-electron chi connectivity index (χ4n) is 5.16. The van der Waals surface area contributed by atoms with Crippen molar-refractivity contribution in [2.75, 3.05) is 18.4 Å². The lowest BCUT2D eigenvalue weighted by molar-refractivity contribution is 0.536. The van der Waals surface area contributed by atoms with Crippen molar-refractivity contribution in [3.05, 3.63) is 70.5 Å². The Morgan fingerprint density at radius 1 is 1.06 bits per heavy atom. The molecule has 1 aliphatic carbocycles. The van der Waals surface area contributed by atoms with Gasteiger partial charge in [-0.05, 0) is 73.9 Å². The third-order valence-corrected chi connectivity index (χ3v) is 7.26. The zero-order valence-electron chi connectivity index (χ0n) is 20.6. The van der Waals surface area contributed by atoms with Gasteiger partial charge in [0.25, 0.3) is 0 Å². The Bertz CT molecular complexity index is 1290. The molecule has 5 rings (SSSR count). The van der Waals surface area contributed by atoms with Gasteiger partial charge >= 0.3 is 0 Å². The number of halogens is 3. The highest BCUT2D eigenvalue weighted by atomic mass is 35.5. The van der Waals surface area contributed by atoms with Crippen LogP contribution in [0.5, 0.6) is 0 Å². The molecule has 2 heterocycles. The van der Waals surface area contributed by atoms with E-state index in [1.165, 1.54) is 51.6 Å². The lowest BCUT2D eigenvalue weighted by Crippen LogP contribution is -2.40. The van der Waals surface area contributed by atoms with E-state index in [0.717, 1.165) is 49.3 Å². The van der Waals surface area contributed by atoms with Crippen LogP contribution in [0.4, 0.5) is 5.69 Å². The number of aromatic amines is 1. The topological polar surface area (TPSA) is 78.8 Å². The van der Waals surface area contributed by atoms with E-state index in [1.807, 2.05) is 12.1 Å². The maximum Gasteiger partial charge on any atom is 0.0741 e. The molecule has 4 aromatic rings. The van der Waals surface area contributed by atoms with Crippen LogP contribution in [0.25, 0.3) is 21.8 Å². The maximum absolute atomic E-state index is 6.50. The van der Waals surface area contributed by atoms with E-state index in [9.17, 15) is 0 Å². The summed E-state index contributed by atoms with van der Waals surface area (Å²) in [5.41, 5.74) is 13.8.